The first-order valence-corrected chi connectivity index (χ1v) is 7.48. The number of ether oxygens (including phenoxy) is 2. The average Bonchev–Trinajstić information content (AvgIpc) is 2.46. The van der Waals surface area contributed by atoms with E-state index in [-0.39, 0.29) is 12.1 Å². The fourth-order valence-electron chi connectivity index (χ4n) is 2.33. The Morgan fingerprint density at radius 1 is 1.41 bits per heavy atom. The first-order chi connectivity index (χ1) is 10.4. The van der Waals surface area contributed by atoms with Gasteiger partial charge in [0.05, 0.1) is 7.11 Å². The first-order valence-electron chi connectivity index (χ1n) is 7.48. The standard InChI is InChI=1S/C15H24N4O3/c1-15(2,3)22-14(20)19-7-5-6-11(9-19)18-12-8-13(21-4)17-10-16-12/h8,10-11H,5-7,9H2,1-4H3,(H,16,17,18). The van der Waals surface area contributed by atoms with E-state index in [0.29, 0.717) is 18.2 Å². The number of nitrogens with zero attached hydrogens (tertiary/aromatic N) is 3. The number of carbonyl (C=O) groups is 1. The van der Waals surface area contributed by atoms with E-state index in [4.69, 9.17) is 9.47 Å². The molecule has 7 heteroatoms. The highest BCUT2D eigenvalue weighted by atomic mass is 16.6. The quantitative estimate of drug-likeness (QED) is 0.923. The van der Waals surface area contributed by atoms with Crippen LogP contribution in [0.4, 0.5) is 10.6 Å². The molecule has 1 saturated heterocycles. The summed E-state index contributed by atoms with van der Waals surface area (Å²) in [6.45, 7) is 6.94. The number of piperidine rings is 1. The summed E-state index contributed by atoms with van der Waals surface area (Å²) in [5.41, 5.74) is -0.475. The zero-order valence-corrected chi connectivity index (χ0v) is 13.6. The molecule has 2 rings (SSSR count). The molecule has 1 aromatic rings. The molecular weight excluding hydrogens is 284 g/mol. The number of likely N-dealkylation sites (tertiary alicyclic amines) is 1. The molecule has 1 atom stereocenters. The largest absolute Gasteiger partial charge is 0.481 e. The second kappa shape index (κ2) is 6.81. The number of hydrogen-bond donors (Lipinski definition) is 1. The number of hydrogen-bond acceptors (Lipinski definition) is 6. The minimum atomic E-state index is -0.475. The normalized spacial score (nSPS) is 18.7. The van der Waals surface area contributed by atoms with E-state index in [1.54, 1.807) is 18.1 Å². The maximum absolute atomic E-state index is 12.1. The zero-order valence-electron chi connectivity index (χ0n) is 13.6. The van der Waals surface area contributed by atoms with Gasteiger partial charge in [0.1, 0.15) is 17.7 Å². The lowest BCUT2D eigenvalue weighted by atomic mass is 10.1. The molecular formula is C15H24N4O3. The molecule has 1 unspecified atom stereocenters. The van der Waals surface area contributed by atoms with Gasteiger partial charge in [-0.1, -0.05) is 0 Å². The number of rotatable bonds is 3. The molecule has 0 bridgehead atoms. The fraction of sp³-hybridized carbons (Fsp3) is 0.667. The van der Waals surface area contributed by atoms with Crippen LogP contribution in [0.3, 0.4) is 0 Å². The minimum Gasteiger partial charge on any atom is -0.481 e. The van der Waals surface area contributed by atoms with Crippen molar-refractivity contribution in [3.63, 3.8) is 0 Å². The van der Waals surface area contributed by atoms with Gasteiger partial charge in [-0.25, -0.2) is 14.8 Å². The van der Waals surface area contributed by atoms with Crippen molar-refractivity contribution in [1.29, 1.82) is 0 Å². The summed E-state index contributed by atoms with van der Waals surface area (Å²) >= 11 is 0. The molecule has 1 aliphatic heterocycles. The molecule has 1 amide bonds. The Labute approximate surface area is 131 Å². The van der Waals surface area contributed by atoms with Crippen molar-refractivity contribution in [2.75, 3.05) is 25.5 Å². The smallest absolute Gasteiger partial charge is 0.410 e. The highest BCUT2D eigenvalue weighted by Crippen LogP contribution is 2.19. The van der Waals surface area contributed by atoms with E-state index in [1.165, 1.54) is 6.33 Å². The van der Waals surface area contributed by atoms with Crippen LogP contribution in [0.25, 0.3) is 0 Å². The monoisotopic (exact) mass is 308 g/mol. The van der Waals surface area contributed by atoms with E-state index in [9.17, 15) is 4.79 Å². The molecule has 22 heavy (non-hydrogen) atoms. The molecule has 122 valence electrons. The Morgan fingerprint density at radius 3 is 2.86 bits per heavy atom. The van der Waals surface area contributed by atoms with E-state index in [0.717, 1.165) is 19.4 Å². The van der Waals surface area contributed by atoms with E-state index >= 15 is 0 Å². The van der Waals surface area contributed by atoms with Gasteiger partial charge in [-0.3, -0.25) is 0 Å². The third kappa shape index (κ3) is 4.75. The topological polar surface area (TPSA) is 76.6 Å². The second-order valence-corrected chi connectivity index (χ2v) is 6.36. The molecule has 1 aliphatic rings. The maximum atomic E-state index is 12.1. The number of anilines is 1. The van der Waals surface area contributed by atoms with Crippen LogP contribution in [-0.4, -0.2) is 52.8 Å². The van der Waals surface area contributed by atoms with Gasteiger partial charge >= 0.3 is 6.09 Å². The fourth-order valence-corrected chi connectivity index (χ4v) is 2.33. The average molecular weight is 308 g/mol. The number of aromatic nitrogens is 2. The number of methoxy groups -OCH3 is 1. The maximum Gasteiger partial charge on any atom is 0.410 e. The van der Waals surface area contributed by atoms with Crippen molar-refractivity contribution in [3.8, 4) is 5.88 Å². The van der Waals surface area contributed by atoms with Crippen LogP contribution < -0.4 is 10.1 Å². The molecule has 1 N–H and O–H groups in total. The van der Waals surface area contributed by atoms with Crippen LogP contribution in [0, 0.1) is 0 Å². The third-order valence-corrected chi connectivity index (χ3v) is 3.28. The Bertz CT molecular complexity index is 516. The van der Waals surface area contributed by atoms with Gasteiger partial charge in [0.25, 0.3) is 0 Å². The zero-order chi connectivity index (χ0) is 16.2. The summed E-state index contributed by atoms with van der Waals surface area (Å²) in [7, 11) is 1.57. The summed E-state index contributed by atoms with van der Waals surface area (Å²) in [4.78, 5) is 22.0. The lowest BCUT2D eigenvalue weighted by Crippen LogP contribution is -2.47. The van der Waals surface area contributed by atoms with Gasteiger partial charge in [-0.15, -0.1) is 0 Å². The summed E-state index contributed by atoms with van der Waals surface area (Å²) in [6.07, 6.45) is 3.10. The predicted molar refractivity (Wildman–Crippen MR) is 83.0 cm³/mol. The molecule has 0 aliphatic carbocycles. The molecule has 1 aromatic heterocycles. The van der Waals surface area contributed by atoms with Crippen LogP contribution in [0.2, 0.25) is 0 Å². The van der Waals surface area contributed by atoms with E-state index in [1.807, 2.05) is 20.8 Å². The SMILES string of the molecule is COc1cc(NC2CCCN(C(=O)OC(C)(C)C)C2)ncn1. The van der Waals surface area contributed by atoms with Gasteiger partial charge in [0.15, 0.2) is 0 Å². The lowest BCUT2D eigenvalue weighted by molar-refractivity contribution is 0.0206. The molecule has 7 nitrogen and oxygen atoms in total. The number of carbonyl (C=O) groups excluding carboxylic acids is 1. The number of nitrogens with one attached hydrogen (secondary N) is 1. The van der Waals surface area contributed by atoms with Crippen molar-refractivity contribution >= 4 is 11.9 Å². The van der Waals surface area contributed by atoms with Crippen molar-refractivity contribution < 1.29 is 14.3 Å². The minimum absolute atomic E-state index is 0.140. The first kappa shape index (κ1) is 16.3. The third-order valence-electron chi connectivity index (χ3n) is 3.28. The van der Waals surface area contributed by atoms with Crippen molar-refractivity contribution in [3.05, 3.63) is 12.4 Å². The Balaban J connectivity index is 1.94. The van der Waals surface area contributed by atoms with Gasteiger partial charge in [0.2, 0.25) is 5.88 Å². The molecule has 2 heterocycles. The van der Waals surface area contributed by atoms with Gasteiger partial charge in [-0.05, 0) is 33.6 Å². The highest BCUT2D eigenvalue weighted by molar-refractivity contribution is 5.68. The molecule has 0 saturated carbocycles. The highest BCUT2D eigenvalue weighted by Gasteiger charge is 2.27. The molecule has 0 spiro atoms. The van der Waals surface area contributed by atoms with Crippen LogP contribution in [0.5, 0.6) is 5.88 Å². The lowest BCUT2D eigenvalue weighted by Gasteiger charge is -2.34. The van der Waals surface area contributed by atoms with Gasteiger partial charge in [-0.2, -0.15) is 0 Å². The van der Waals surface area contributed by atoms with Crippen molar-refractivity contribution in [2.45, 2.75) is 45.3 Å². The second-order valence-electron chi connectivity index (χ2n) is 6.36. The van der Waals surface area contributed by atoms with Crippen molar-refractivity contribution in [2.24, 2.45) is 0 Å². The van der Waals surface area contributed by atoms with Crippen LogP contribution in [-0.2, 0) is 4.74 Å². The van der Waals surface area contributed by atoms with Crippen molar-refractivity contribution in [1.82, 2.24) is 14.9 Å². The Kier molecular flexibility index (Phi) is 5.05. The summed E-state index contributed by atoms with van der Waals surface area (Å²) in [6, 6.07) is 1.88. The van der Waals surface area contributed by atoms with E-state index in [2.05, 4.69) is 15.3 Å². The molecule has 0 radical (unpaired) electrons. The van der Waals surface area contributed by atoms with Crippen LogP contribution >= 0.6 is 0 Å². The number of amides is 1. The summed E-state index contributed by atoms with van der Waals surface area (Å²) in [5.74, 6) is 1.21. The van der Waals surface area contributed by atoms with Gasteiger partial charge in [0, 0.05) is 25.2 Å². The summed E-state index contributed by atoms with van der Waals surface area (Å²) < 4.78 is 10.5. The predicted octanol–water partition coefficient (Wildman–Crippen LogP) is 2.30. The van der Waals surface area contributed by atoms with Crippen LogP contribution in [0.15, 0.2) is 12.4 Å². The Hall–Kier alpha value is -2.05. The van der Waals surface area contributed by atoms with E-state index < -0.39 is 5.60 Å². The summed E-state index contributed by atoms with van der Waals surface area (Å²) in [5, 5.41) is 3.32. The Morgan fingerprint density at radius 2 is 2.18 bits per heavy atom. The molecule has 0 aromatic carbocycles. The van der Waals surface area contributed by atoms with Crippen LogP contribution in [0.1, 0.15) is 33.6 Å². The molecule has 1 fully saturated rings. The van der Waals surface area contributed by atoms with Gasteiger partial charge < -0.3 is 19.7 Å².